The molecule has 1 heterocycles. The predicted octanol–water partition coefficient (Wildman–Crippen LogP) is 3.71. The number of thiazole rings is 1. The third kappa shape index (κ3) is 5.31. The molecule has 134 valence electrons. The van der Waals surface area contributed by atoms with Crippen molar-refractivity contribution in [2.75, 3.05) is 17.6 Å². The second kappa shape index (κ2) is 8.82. The first-order chi connectivity index (χ1) is 12.6. The highest BCUT2D eigenvalue weighted by Crippen LogP contribution is 2.22. The number of hydrogen-bond donors (Lipinski definition) is 2. The van der Waals surface area contributed by atoms with Crippen LogP contribution in [0.4, 0.5) is 5.69 Å². The molecule has 2 aromatic carbocycles. The Balaban J connectivity index is 1.40. The number of aromatic nitrogens is 1. The van der Waals surface area contributed by atoms with Gasteiger partial charge in [-0.3, -0.25) is 9.59 Å². The van der Waals surface area contributed by atoms with Gasteiger partial charge >= 0.3 is 0 Å². The number of rotatable bonds is 7. The lowest BCUT2D eigenvalue weighted by atomic mass is 10.3. The molecule has 0 aliphatic heterocycles. The highest BCUT2D eigenvalue weighted by molar-refractivity contribution is 8.00. The first-order valence-electron chi connectivity index (χ1n) is 8.22. The molecule has 0 unspecified atom stereocenters. The van der Waals surface area contributed by atoms with Gasteiger partial charge in [-0.2, -0.15) is 0 Å². The van der Waals surface area contributed by atoms with Gasteiger partial charge < -0.3 is 10.6 Å². The Morgan fingerprint density at radius 2 is 1.88 bits per heavy atom. The normalized spacial score (nSPS) is 10.7. The standard InChI is InChI=1S/C19H19N3O2S2/c1-13(23)21-14-6-8-15(9-7-14)25-12-18(24)20-11-10-19-22-16-4-2-3-5-17(16)26-19/h2-9H,10-12H2,1H3,(H,20,24)(H,21,23). The fourth-order valence-corrected chi connectivity index (χ4v) is 4.07. The molecule has 0 atom stereocenters. The SMILES string of the molecule is CC(=O)Nc1ccc(SCC(=O)NCCc2nc3ccccc3s2)cc1. The van der Waals surface area contributed by atoms with E-state index in [1.165, 1.54) is 23.4 Å². The minimum absolute atomic E-state index is 0.00190. The van der Waals surface area contributed by atoms with Crippen LogP contribution in [0.5, 0.6) is 0 Å². The molecule has 0 aliphatic rings. The number of fused-ring (bicyclic) bond motifs is 1. The van der Waals surface area contributed by atoms with Crippen molar-refractivity contribution in [1.29, 1.82) is 0 Å². The first kappa shape index (κ1) is 18.4. The summed E-state index contributed by atoms with van der Waals surface area (Å²) in [6.07, 6.45) is 0.737. The number of amides is 2. The summed E-state index contributed by atoms with van der Waals surface area (Å²) < 4.78 is 1.17. The smallest absolute Gasteiger partial charge is 0.230 e. The summed E-state index contributed by atoms with van der Waals surface area (Å²) >= 11 is 3.14. The zero-order valence-electron chi connectivity index (χ0n) is 14.3. The molecule has 0 fully saturated rings. The molecular formula is C19H19N3O2S2. The van der Waals surface area contributed by atoms with Crippen molar-refractivity contribution in [3.05, 3.63) is 53.5 Å². The Bertz CT molecular complexity index is 874. The Hall–Kier alpha value is -2.38. The fraction of sp³-hybridized carbons (Fsp3) is 0.211. The fourth-order valence-electron chi connectivity index (χ4n) is 2.37. The molecule has 2 N–H and O–H groups in total. The summed E-state index contributed by atoms with van der Waals surface area (Å²) in [7, 11) is 0. The minimum Gasteiger partial charge on any atom is -0.355 e. The summed E-state index contributed by atoms with van der Waals surface area (Å²) in [6, 6.07) is 15.5. The van der Waals surface area contributed by atoms with Gasteiger partial charge in [0.25, 0.3) is 0 Å². The van der Waals surface area contributed by atoms with Gasteiger partial charge in [0, 0.05) is 30.5 Å². The number of nitrogens with zero attached hydrogens (tertiary/aromatic N) is 1. The summed E-state index contributed by atoms with van der Waals surface area (Å²) in [4.78, 5) is 28.5. The number of anilines is 1. The van der Waals surface area contributed by atoms with Crippen molar-refractivity contribution in [2.45, 2.75) is 18.2 Å². The average molecular weight is 386 g/mol. The maximum Gasteiger partial charge on any atom is 0.230 e. The van der Waals surface area contributed by atoms with E-state index in [2.05, 4.69) is 21.7 Å². The summed E-state index contributed by atoms with van der Waals surface area (Å²) in [6.45, 7) is 2.06. The van der Waals surface area contributed by atoms with E-state index in [-0.39, 0.29) is 11.8 Å². The number of carbonyl (C=O) groups is 2. The molecule has 1 aromatic heterocycles. The van der Waals surface area contributed by atoms with Crippen LogP contribution in [-0.4, -0.2) is 29.1 Å². The van der Waals surface area contributed by atoms with E-state index < -0.39 is 0 Å². The summed E-state index contributed by atoms with van der Waals surface area (Å²) in [5.74, 6) is 0.263. The minimum atomic E-state index is -0.0992. The highest BCUT2D eigenvalue weighted by atomic mass is 32.2. The van der Waals surface area contributed by atoms with E-state index in [1.807, 2.05) is 42.5 Å². The molecule has 5 nitrogen and oxygen atoms in total. The molecular weight excluding hydrogens is 366 g/mol. The van der Waals surface area contributed by atoms with Gasteiger partial charge in [-0.25, -0.2) is 4.98 Å². The van der Waals surface area contributed by atoms with Gasteiger partial charge in [-0.15, -0.1) is 23.1 Å². The molecule has 0 saturated heterocycles. The van der Waals surface area contributed by atoms with Crippen LogP contribution in [0.1, 0.15) is 11.9 Å². The Kier molecular flexibility index (Phi) is 6.25. The number of benzene rings is 2. The van der Waals surface area contributed by atoms with E-state index in [0.717, 1.165) is 27.5 Å². The van der Waals surface area contributed by atoms with Crippen LogP contribution in [0.3, 0.4) is 0 Å². The summed E-state index contributed by atoms with van der Waals surface area (Å²) in [5.41, 5.74) is 1.76. The third-order valence-corrected chi connectivity index (χ3v) is 5.65. The van der Waals surface area contributed by atoms with Crippen molar-refractivity contribution >= 4 is 50.8 Å². The molecule has 0 radical (unpaired) electrons. The zero-order chi connectivity index (χ0) is 18.4. The molecule has 3 rings (SSSR count). The molecule has 0 spiro atoms. The van der Waals surface area contributed by atoms with Crippen LogP contribution in [0.15, 0.2) is 53.4 Å². The number of hydrogen-bond acceptors (Lipinski definition) is 5. The lowest BCUT2D eigenvalue weighted by Crippen LogP contribution is -2.27. The Morgan fingerprint density at radius 1 is 1.12 bits per heavy atom. The van der Waals surface area contributed by atoms with E-state index in [9.17, 15) is 9.59 Å². The van der Waals surface area contributed by atoms with Gasteiger partial charge in [0.2, 0.25) is 11.8 Å². The predicted molar refractivity (Wildman–Crippen MR) is 108 cm³/mol. The van der Waals surface area contributed by atoms with Crippen molar-refractivity contribution in [3.63, 3.8) is 0 Å². The van der Waals surface area contributed by atoms with Crippen LogP contribution < -0.4 is 10.6 Å². The largest absolute Gasteiger partial charge is 0.355 e. The van der Waals surface area contributed by atoms with Crippen LogP contribution >= 0.6 is 23.1 Å². The van der Waals surface area contributed by atoms with Crippen LogP contribution in [-0.2, 0) is 16.0 Å². The third-order valence-electron chi connectivity index (χ3n) is 3.54. The van der Waals surface area contributed by atoms with Crippen molar-refractivity contribution in [3.8, 4) is 0 Å². The Morgan fingerprint density at radius 3 is 2.62 bits per heavy atom. The molecule has 0 aliphatic carbocycles. The molecule has 3 aromatic rings. The van der Waals surface area contributed by atoms with E-state index >= 15 is 0 Å². The second-order valence-electron chi connectivity index (χ2n) is 5.67. The molecule has 7 heteroatoms. The molecule has 0 bridgehead atoms. The lowest BCUT2D eigenvalue weighted by Gasteiger charge is -2.05. The van der Waals surface area contributed by atoms with E-state index in [0.29, 0.717) is 12.3 Å². The van der Waals surface area contributed by atoms with Crippen molar-refractivity contribution < 1.29 is 9.59 Å². The van der Waals surface area contributed by atoms with Gasteiger partial charge in [0.1, 0.15) is 0 Å². The monoisotopic (exact) mass is 385 g/mol. The van der Waals surface area contributed by atoms with Crippen LogP contribution in [0.2, 0.25) is 0 Å². The maximum atomic E-state index is 12.0. The average Bonchev–Trinajstić information content (AvgIpc) is 3.03. The van der Waals surface area contributed by atoms with E-state index in [4.69, 9.17) is 0 Å². The lowest BCUT2D eigenvalue weighted by molar-refractivity contribution is -0.118. The Labute approximate surface area is 160 Å². The zero-order valence-corrected chi connectivity index (χ0v) is 16.0. The van der Waals surface area contributed by atoms with Gasteiger partial charge in [-0.1, -0.05) is 12.1 Å². The van der Waals surface area contributed by atoms with E-state index in [1.54, 1.807) is 11.3 Å². The number of carbonyl (C=O) groups excluding carboxylic acids is 2. The van der Waals surface area contributed by atoms with Gasteiger partial charge in [-0.05, 0) is 36.4 Å². The first-order valence-corrected chi connectivity index (χ1v) is 10.0. The van der Waals surface area contributed by atoms with Gasteiger partial charge in [0.15, 0.2) is 0 Å². The molecule has 2 amide bonds. The van der Waals surface area contributed by atoms with Crippen LogP contribution in [0, 0.1) is 0 Å². The number of nitrogens with one attached hydrogen (secondary N) is 2. The maximum absolute atomic E-state index is 12.0. The topological polar surface area (TPSA) is 71.1 Å². The quantitative estimate of drug-likeness (QED) is 0.608. The van der Waals surface area contributed by atoms with Crippen molar-refractivity contribution in [1.82, 2.24) is 10.3 Å². The number of thioether (sulfide) groups is 1. The van der Waals surface area contributed by atoms with Crippen molar-refractivity contribution in [2.24, 2.45) is 0 Å². The summed E-state index contributed by atoms with van der Waals surface area (Å²) in [5, 5.41) is 6.69. The number of para-hydroxylation sites is 1. The highest BCUT2D eigenvalue weighted by Gasteiger charge is 2.06. The molecule has 26 heavy (non-hydrogen) atoms. The van der Waals surface area contributed by atoms with Gasteiger partial charge in [0.05, 0.1) is 21.0 Å². The van der Waals surface area contributed by atoms with Crippen LogP contribution in [0.25, 0.3) is 10.2 Å². The molecule has 0 saturated carbocycles. The second-order valence-corrected chi connectivity index (χ2v) is 7.83.